The number of hydrogen-bond acceptors (Lipinski definition) is 3. The van der Waals surface area contributed by atoms with Gasteiger partial charge in [-0.1, -0.05) is 34.1 Å². The maximum atomic E-state index is 12.5. The van der Waals surface area contributed by atoms with Gasteiger partial charge in [0.2, 0.25) is 0 Å². The molecule has 4 rings (SSSR count). The summed E-state index contributed by atoms with van der Waals surface area (Å²) in [5, 5.41) is 21.6. The van der Waals surface area contributed by atoms with Crippen molar-refractivity contribution in [3.63, 3.8) is 0 Å². The van der Waals surface area contributed by atoms with E-state index in [9.17, 15) is 15.0 Å². The Kier molecular flexibility index (Phi) is 5.06. The smallest absolute Gasteiger partial charge is 0.137 e. The number of Topliss-reactive ketones (excluding diaryl/α,β-unsaturated/α-hetero) is 1. The molecule has 3 atom stereocenters. The van der Waals surface area contributed by atoms with Crippen molar-refractivity contribution in [2.24, 2.45) is 17.3 Å². The van der Waals surface area contributed by atoms with Crippen molar-refractivity contribution >= 4 is 5.78 Å². The largest absolute Gasteiger partial charge is 0.508 e. The number of aromatic hydroxyl groups is 2. The highest BCUT2D eigenvalue weighted by Crippen LogP contribution is 2.64. The first kappa shape index (κ1) is 19.8. The minimum absolute atomic E-state index is 0.0478. The molecule has 3 nitrogen and oxygen atoms in total. The lowest BCUT2D eigenvalue weighted by molar-refractivity contribution is -0.151. The highest BCUT2D eigenvalue weighted by molar-refractivity contribution is 5.86. The second-order valence-electron chi connectivity index (χ2n) is 9.72. The first-order chi connectivity index (χ1) is 12.6. The molecule has 0 spiro atoms. The van der Waals surface area contributed by atoms with Crippen molar-refractivity contribution in [3.8, 4) is 23.8 Å². The lowest BCUT2D eigenvalue weighted by Gasteiger charge is -2.59. The minimum atomic E-state index is -0.161. The second kappa shape index (κ2) is 6.89. The van der Waals surface area contributed by atoms with E-state index in [1.807, 2.05) is 0 Å². The maximum Gasteiger partial charge on any atom is 0.137 e. The zero-order valence-corrected chi connectivity index (χ0v) is 17.0. The van der Waals surface area contributed by atoms with E-state index in [1.165, 1.54) is 0 Å². The number of benzene rings is 1. The van der Waals surface area contributed by atoms with Gasteiger partial charge in [-0.05, 0) is 53.7 Å². The van der Waals surface area contributed by atoms with Crippen molar-refractivity contribution in [2.45, 2.75) is 77.6 Å². The number of terminal acetylenes is 1. The molecule has 3 fully saturated rings. The average Bonchev–Trinajstić information content (AvgIpc) is 2.57. The predicted molar refractivity (Wildman–Crippen MR) is 108 cm³/mol. The lowest BCUT2D eigenvalue weighted by Crippen LogP contribution is -2.56. The summed E-state index contributed by atoms with van der Waals surface area (Å²) in [5.74, 6) is 3.57. The van der Waals surface area contributed by atoms with E-state index < -0.39 is 0 Å². The molecule has 2 bridgehead atoms. The van der Waals surface area contributed by atoms with Crippen LogP contribution in [0.25, 0.3) is 0 Å². The molecule has 146 valence electrons. The van der Waals surface area contributed by atoms with Gasteiger partial charge in [0.1, 0.15) is 17.3 Å². The van der Waals surface area contributed by atoms with Crippen LogP contribution in [0.5, 0.6) is 11.5 Å². The minimum Gasteiger partial charge on any atom is -0.508 e. The van der Waals surface area contributed by atoms with Crippen LogP contribution in [0.1, 0.15) is 83.3 Å². The predicted octanol–water partition coefficient (Wildman–Crippen LogP) is 5.29. The highest BCUT2D eigenvalue weighted by atomic mass is 16.3. The summed E-state index contributed by atoms with van der Waals surface area (Å²) in [6, 6.07) is 3.58. The molecule has 0 aromatic heterocycles. The Hall–Kier alpha value is -1.95. The van der Waals surface area contributed by atoms with Crippen LogP contribution in [0, 0.1) is 29.6 Å². The third kappa shape index (κ3) is 3.35. The molecule has 0 aliphatic heterocycles. The van der Waals surface area contributed by atoms with E-state index >= 15 is 0 Å². The number of carbonyl (C=O) groups excluding carboxylic acids is 1. The van der Waals surface area contributed by atoms with Gasteiger partial charge in [-0.2, -0.15) is 0 Å². The standard InChI is InChI=1S/C24H32O3/c1-6-7-8-9-10-23(2,3)15-11-20(26)22(21(27)12-15)16-13-19(25)18-14-17(16)24(18,4)5/h1,11-12,16-18,26-27H,7-10,13-14H2,2-5H3. The number of carbonyl (C=O) groups is 1. The SMILES string of the molecule is C#CCCCCC(C)(C)c1cc(O)c(C2CC(=O)C3CC2C3(C)C)c(O)c1. The molecule has 0 amide bonds. The quantitative estimate of drug-likeness (QED) is 0.530. The van der Waals surface area contributed by atoms with Crippen molar-refractivity contribution in [2.75, 3.05) is 0 Å². The van der Waals surface area contributed by atoms with Crippen LogP contribution < -0.4 is 0 Å². The van der Waals surface area contributed by atoms with Crippen molar-refractivity contribution in [1.29, 1.82) is 0 Å². The van der Waals surface area contributed by atoms with Crippen molar-refractivity contribution in [1.82, 2.24) is 0 Å². The molecule has 1 aromatic carbocycles. The van der Waals surface area contributed by atoms with Gasteiger partial charge in [-0.3, -0.25) is 4.79 Å². The summed E-state index contributed by atoms with van der Waals surface area (Å²) in [7, 11) is 0. The number of rotatable bonds is 6. The van der Waals surface area contributed by atoms with E-state index in [-0.39, 0.29) is 39.9 Å². The van der Waals surface area contributed by atoms with Crippen LogP contribution in [0.2, 0.25) is 0 Å². The molecule has 3 unspecified atom stereocenters. The summed E-state index contributed by atoms with van der Waals surface area (Å²) in [5.41, 5.74) is 1.28. The van der Waals surface area contributed by atoms with Crippen molar-refractivity contribution < 1.29 is 15.0 Å². The molecule has 1 aromatic rings. The summed E-state index contributed by atoms with van der Waals surface area (Å²) in [6.45, 7) is 8.52. The van der Waals surface area contributed by atoms with Gasteiger partial charge in [0.05, 0.1) is 0 Å². The van der Waals surface area contributed by atoms with Crippen LogP contribution in [-0.4, -0.2) is 16.0 Å². The van der Waals surface area contributed by atoms with Gasteiger partial charge in [0, 0.05) is 30.2 Å². The Morgan fingerprint density at radius 2 is 1.85 bits per heavy atom. The number of hydrogen-bond donors (Lipinski definition) is 2. The molecular weight excluding hydrogens is 336 g/mol. The fraction of sp³-hybridized carbons (Fsp3) is 0.625. The number of phenols is 2. The third-order valence-electron chi connectivity index (χ3n) is 7.30. The first-order valence-corrected chi connectivity index (χ1v) is 10.1. The molecule has 0 heterocycles. The molecule has 3 heteroatoms. The summed E-state index contributed by atoms with van der Waals surface area (Å²) in [4.78, 5) is 12.5. The Bertz CT molecular complexity index is 758. The Balaban J connectivity index is 1.86. The van der Waals surface area contributed by atoms with Gasteiger partial charge in [0.15, 0.2) is 0 Å². The fourth-order valence-electron chi connectivity index (χ4n) is 5.32. The van der Waals surface area contributed by atoms with E-state index in [4.69, 9.17) is 6.42 Å². The number of unbranched alkanes of at least 4 members (excludes halogenated alkanes) is 2. The van der Waals surface area contributed by atoms with Crippen molar-refractivity contribution in [3.05, 3.63) is 23.3 Å². The van der Waals surface area contributed by atoms with Gasteiger partial charge in [-0.15, -0.1) is 12.3 Å². The van der Waals surface area contributed by atoms with E-state index in [2.05, 4.69) is 33.6 Å². The molecule has 0 radical (unpaired) electrons. The van der Waals surface area contributed by atoms with Gasteiger partial charge in [-0.25, -0.2) is 0 Å². The van der Waals surface area contributed by atoms with Crippen LogP contribution in [0.3, 0.4) is 0 Å². The molecular formula is C24H32O3. The molecule has 3 aliphatic carbocycles. The molecule has 3 saturated carbocycles. The number of phenolic OH excluding ortho intramolecular Hbond substituents is 2. The molecule has 27 heavy (non-hydrogen) atoms. The molecule has 3 aliphatic rings. The van der Waals surface area contributed by atoms with Gasteiger partial charge < -0.3 is 10.2 Å². The normalized spacial score (nSPS) is 26.3. The number of fused-ring (bicyclic) bond motifs is 2. The topological polar surface area (TPSA) is 57.5 Å². The van der Waals surface area contributed by atoms with E-state index in [1.54, 1.807) is 12.1 Å². The summed E-state index contributed by atoms with van der Waals surface area (Å²) < 4.78 is 0. The molecule has 0 saturated heterocycles. The van der Waals surface area contributed by atoms with Crippen LogP contribution in [-0.2, 0) is 10.2 Å². The Labute approximate surface area is 163 Å². The number of ketones is 1. The second-order valence-corrected chi connectivity index (χ2v) is 9.72. The van der Waals surface area contributed by atoms with Crippen LogP contribution in [0.4, 0.5) is 0 Å². The average molecular weight is 369 g/mol. The Morgan fingerprint density at radius 1 is 1.22 bits per heavy atom. The van der Waals surface area contributed by atoms with Crippen LogP contribution in [0.15, 0.2) is 12.1 Å². The van der Waals surface area contributed by atoms with Gasteiger partial charge >= 0.3 is 0 Å². The molecule has 2 N–H and O–H groups in total. The monoisotopic (exact) mass is 368 g/mol. The summed E-state index contributed by atoms with van der Waals surface area (Å²) in [6.07, 6.45) is 10.3. The third-order valence-corrected chi connectivity index (χ3v) is 7.30. The van der Waals surface area contributed by atoms with Gasteiger partial charge in [0.25, 0.3) is 0 Å². The zero-order chi connectivity index (χ0) is 20.0. The Morgan fingerprint density at radius 3 is 2.37 bits per heavy atom. The highest BCUT2D eigenvalue weighted by Gasteiger charge is 2.59. The van der Waals surface area contributed by atoms with E-state index in [0.717, 1.165) is 37.7 Å². The summed E-state index contributed by atoms with van der Waals surface area (Å²) >= 11 is 0. The fourth-order valence-corrected chi connectivity index (χ4v) is 5.32. The zero-order valence-electron chi connectivity index (χ0n) is 17.0. The van der Waals surface area contributed by atoms with Crippen LogP contribution >= 0.6 is 0 Å². The lowest BCUT2D eigenvalue weighted by atomic mass is 9.44. The first-order valence-electron chi connectivity index (χ1n) is 10.1. The van der Waals surface area contributed by atoms with E-state index in [0.29, 0.717) is 17.9 Å². The maximum absolute atomic E-state index is 12.5.